The highest BCUT2D eigenvalue weighted by Crippen LogP contribution is 2.20. The fourth-order valence-corrected chi connectivity index (χ4v) is 4.31. The van der Waals surface area contributed by atoms with Crippen LogP contribution in [0.25, 0.3) is 0 Å². The van der Waals surface area contributed by atoms with Gasteiger partial charge in [-0.3, -0.25) is 4.79 Å². The van der Waals surface area contributed by atoms with Gasteiger partial charge in [-0.15, -0.1) is 11.3 Å². The number of benzene rings is 2. The number of urea groups is 1. The number of hydrogen-bond acceptors (Lipinski definition) is 4. The maximum absolute atomic E-state index is 13.4. The van der Waals surface area contributed by atoms with Crippen molar-refractivity contribution >= 4 is 23.3 Å². The molecule has 1 N–H and O–H groups in total. The van der Waals surface area contributed by atoms with Crippen molar-refractivity contribution in [2.45, 2.75) is 26.6 Å². The molecule has 1 heterocycles. The van der Waals surface area contributed by atoms with E-state index in [0.29, 0.717) is 26.2 Å². The Morgan fingerprint density at radius 1 is 0.971 bits per heavy atom. The lowest BCUT2D eigenvalue weighted by Gasteiger charge is -2.28. The third kappa shape index (κ3) is 7.67. The zero-order valence-electron chi connectivity index (χ0n) is 19.5. The number of ether oxygens (including phenoxy) is 1. The van der Waals surface area contributed by atoms with Crippen LogP contribution in [0.4, 0.5) is 9.18 Å². The van der Waals surface area contributed by atoms with Crippen molar-refractivity contribution < 1.29 is 18.7 Å². The Hall–Kier alpha value is -3.23. The van der Waals surface area contributed by atoms with Crippen molar-refractivity contribution in [3.8, 4) is 0 Å². The predicted molar refractivity (Wildman–Crippen MR) is 132 cm³/mol. The second-order valence-corrected chi connectivity index (χ2v) is 8.96. The number of hydrogen-bond donors (Lipinski definition) is 1. The van der Waals surface area contributed by atoms with Crippen LogP contribution in [0.3, 0.4) is 0 Å². The molecule has 180 valence electrons. The standard InChI is InChI=1S/C26H30FN3O3S/c1-20-12-15-34-24(20)18-30(17-22-8-10-23(27)11-9-22)25(31)19-29(13-14-33-2)26(32)28-16-21-6-4-3-5-7-21/h3-12,15H,13-14,16-19H2,1-2H3,(H,28,32). The number of nitrogens with one attached hydrogen (secondary N) is 1. The molecule has 0 aliphatic rings. The first-order chi connectivity index (χ1) is 16.5. The van der Waals surface area contributed by atoms with Crippen molar-refractivity contribution in [2.75, 3.05) is 26.8 Å². The first kappa shape index (κ1) is 25.4. The average Bonchev–Trinajstić information content (AvgIpc) is 3.25. The lowest BCUT2D eigenvalue weighted by molar-refractivity contribution is -0.133. The normalized spacial score (nSPS) is 10.7. The molecule has 0 unspecified atom stereocenters. The van der Waals surface area contributed by atoms with Crippen molar-refractivity contribution in [1.29, 1.82) is 0 Å². The minimum Gasteiger partial charge on any atom is -0.383 e. The van der Waals surface area contributed by atoms with Gasteiger partial charge in [-0.1, -0.05) is 42.5 Å². The topological polar surface area (TPSA) is 61.9 Å². The van der Waals surface area contributed by atoms with E-state index in [1.165, 1.54) is 17.0 Å². The summed E-state index contributed by atoms with van der Waals surface area (Å²) < 4.78 is 18.5. The minimum atomic E-state index is -0.330. The quantitative estimate of drug-likeness (QED) is 0.434. The molecule has 0 fully saturated rings. The molecule has 3 aromatic rings. The Morgan fingerprint density at radius 3 is 2.35 bits per heavy atom. The zero-order valence-corrected chi connectivity index (χ0v) is 20.3. The molecule has 3 rings (SSSR count). The summed E-state index contributed by atoms with van der Waals surface area (Å²) in [5.41, 5.74) is 2.90. The van der Waals surface area contributed by atoms with Crippen LogP contribution in [0.5, 0.6) is 0 Å². The third-order valence-corrected chi connectivity index (χ3v) is 6.42. The number of carbonyl (C=O) groups is 2. The molecule has 8 heteroatoms. The SMILES string of the molecule is COCCN(CC(=O)N(Cc1ccc(F)cc1)Cc1sccc1C)C(=O)NCc1ccccc1. The molecule has 0 spiro atoms. The van der Waals surface area contributed by atoms with Crippen LogP contribution in [-0.2, 0) is 29.2 Å². The summed E-state index contributed by atoms with van der Waals surface area (Å²) in [6, 6.07) is 17.4. The first-order valence-corrected chi connectivity index (χ1v) is 11.9. The van der Waals surface area contributed by atoms with Crippen LogP contribution in [-0.4, -0.2) is 48.5 Å². The van der Waals surface area contributed by atoms with E-state index < -0.39 is 0 Å². The van der Waals surface area contributed by atoms with Gasteiger partial charge in [0.2, 0.25) is 5.91 Å². The molecule has 0 atom stereocenters. The summed E-state index contributed by atoms with van der Waals surface area (Å²) in [6.45, 7) is 3.62. The molecule has 6 nitrogen and oxygen atoms in total. The van der Waals surface area contributed by atoms with E-state index in [2.05, 4.69) is 5.32 Å². The highest BCUT2D eigenvalue weighted by atomic mass is 32.1. The number of aryl methyl sites for hydroxylation is 1. The number of rotatable bonds is 11. The van der Waals surface area contributed by atoms with Gasteiger partial charge in [0.05, 0.1) is 13.2 Å². The fourth-order valence-electron chi connectivity index (χ4n) is 3.38. The maximum Gasteiger partial charge on any atom is 0.318 e. The summed E-state index contributed by atoms with van der Waals surface area (Å²) in [4.78, 5) is 30.5. The number of halogens is 1. The summed E-state index contributed by atoms with van der Waals surface area (Å²) in [5, 5.41) is 4.88. The molecule has 0 radical (unpaired) electrons. The summed E-state index contributed by atoms with van der Waals surface area (Å²) >= 11 is 1.59. The monoisotopic (exact) mass is 483 g/mol. The molecule has 0 saturated carbocycles. The van der Waals surface area contributed by atoms with E-state index >= 15 is 0 Å². The summed E-state index contributed by atoms with van der Waals surface area (Å²) in [7, 11) is 1.56. The van der Waals surface area contributed by atoms with Crippen molar-refractivity contribution in [3.63, 3.8) is 0 Å². The lowest BCUT2D eigenvalue weighted by atomic mass is 10.2. The molecule has 0 saturated heterocycles. The van der Waals surface area contributed by atoms with Crippen LogP contribution in [0.15, 0.2) is 66.0 Å². The van der Waals surface area contributed by atoms with Gasteiger partial charge in [0.1, 0.15) is 12.4 Å². The molecule has 3 amide bonds. The molecular weight excluding hydrogens is 453 g/mol. The van der Waals surface area contributed by atoms with E-state index in [-0.39, 0.29) is 30.8 Å². The second kappa shape index (κ2) is 12.9. The van der Waals surface area contributed by atoms with E-state index in [0.717, 1.165) is 21.6 Å². The van der Waals surface area contributed by atoms with Crippen LogP contribution < -0.4 is 5.32 Å². The van der Waals surface area contributed by atoms with Crippen molar-refractivity contribution in [3.05, 3.63) is 93.4 Å². The van der Waals surface area contributed by atoms with E-state index in [4.69, 9.17) is 4.74 Å². The van der Waals surface area contributed by atoms with Gasteiger partial charge in [0.25, 0.3) is 0 Å². The van der Waals surface area contributed by atoms with E-state index in [1.54, 1.807) is 35.5 Å². The van der Waals surface area contributed by atoms with E-state index in [9.17, 15) is 14.0 Å². The Morgan fingerprint density at radius 2 is 1.71 bits per heavy atom. The largest absolute Gasteiger partial charge is 0.383 e. The van der Waals surface area contributed by atoms with Gasteiger partial charge >= 0.3 is 6.03 Å². The molecule has 2 aromatic carbocycles. The van der Waals surface area contributed by atoms with Gasteiger partial charge in [-0.25, -0.2) is 9.18 Å². The minimum absolute atomic E-state index is 0.0877. The highest BCUT2D eigenvalue weighted by Gasteiger charge is 2.22. The number of methoxy groups -OCH3 is 1. The van der Waals surface area contributed by atoms with Gasteiger partial charge in [-0.2, -0.15) is 0 Å². The molecule has 34 heavy (non-hydrogen) atoms. The van der Waals surface area contributed by atoms with Crippen LogP contribution in [0, 0.1) is 12.7 Å². The third-order valence-electron chi connectivity index (χ3n) is 5.41. The van der Waals surface area contributed by atoms with Crippen molar-refractivity contribution in [1.82, 2.24) is 15.1 Å². The smallest absolute Gasteiger partial charge is 0.318 e. The Labute approximate surface area is 204 Å². The fraction of sp³-hybridized carbons (Fsp3) is 0.308. The molecule has 0 bridgehead atoms. The number of carbonyl (C=O) groups excluding carboxylic acids is 2. The Kier molecular flexibility index (Phi) is 9.61. The second-order valence-electron chi connectivity index (χ2n) is 7.96. The number of thiophene rings is 1. The summed E-state index contributed by atoms with van der Waals surface area (Å²) in [6.07, 6.45) is 0. The Bertz CT molecular complexity index is 1060. The first-order valence-electron chi connectivity index (χ1n) is 11.1. The summed E-state index contributed by atoms with van der Waals surface area (Å²) in [5.74, 6) is -0.514. The van der Waals surface area contributed by atoms with Crippen molar-refractivity contribution in [2.24, 2.45) is 0 Å². The molecular formula is C26H30FN3O3S. The highest BCUT2D eigenvalue weighted by molar-refractivity contribution is 7.10. The van der Waals surface area contributed by atoms with Gasteiger partial charge in [0, 0.05) is 31.6 Å². The predicted octanol–water partition coefficient (Wildman–Crippen LogP) is 4.58. The number of nitrogens with zero attached hydrogens (tertiary/aromatic N) is 2. The lowest BCUT2D eigenvalue weighted by Crippen LogP contribution is -2.47. The average molecular weight is 484 g/mol. The Balaban J connectivity index is 1.72. The molecule has 1 aromatic heterocycles. The van der Waals surface area contributed by atoms with Crippen LogP contribution in [0.2, 0.25) is 0 Å². The van der Waals surface area contributed by atoms with E-state index in [1.807, 2.05) is 48.7 Å². The zero-order chi connectivity index (χ0) is 24.3. The van der Waals surface area contributed by atoms with Gasteiger partial charge < -0.3 is 19.9 Å². The van der Waals surface area contributed by atoms with Gasteiger partial charge in [0.15, 0.2) is 0 Å². The number of amides is 3. The molecule has 0 aliphatic heterocycles. The van der Waals surface area contributed by atoms with Gasteiger partial charge in [-0.05, 0) is 47.2 Å². The molecule has 0 aliphatic carbocycles. The van der Waals surface area contributed by atoms with Crippen LogP contribution >= 0.6 is 11.3 Å². The van der Waals surface area contributed by atoms with Crippen LogP contribution in [0.1, 0.15) is 21.6 Å². The maximum atomic E-state index is 13.4.